The molecule has 2 aromatic carbocycles. The zero-order valence-electron chi connectivity index (χ0n) is 13.7. The lowest BCUT2D eigenvalue weighted by Gasteiger charge is -2.36. The molecule has 1 amide bonds. The van der Waals surface area contributed by atoms with Gasteiger partial charge in [0.15, 0.2) is 0 Å². The Hall–Kier alpha value is -2.99. The number of carbonyl (C=O) groups excluding carboxylic acids is 1. The van der Waals surface area contributed by atoms with Gasteiger partial charge in [-0.25, -0.2) is 0 Å². The first-order valence-electron chi connectivity index (χ1n) is 8.34. The van der Waals surface area contributed by atoms with E-state index in [0.717, 1.165) is 24.3 Å². The van der Waals surface area contributed by atoms with Crippen molar-refractivity contribution in [2.75, 3.05) is 19.6 Å². The monoisotopic (exact) mass is 333 g/mol. The van der Waals surface area contributed by atoms with E-state index in [-0.39, 0.29) is 11.9 Å². The number of piperazine rings is 1. The first-order chi connectivity index (χ1) is 12.3. The van der Waals surface area contributed by atoms with Gasteiger partial charge in [-0.15, -0.1) is 10.2 Å². The van der Waals surface area contributed by atoms with E-state index >= 15 is 0 Å². The fourth-order valence-electron chi connectivity index (χ4n) is 3.22. The van der Waals surface area contributed by atoms with Gasteiger partial charge in [-0.05, 0) is 23.8 Å². The van der Waals surface area contributed by atoms with Crippen LogP contribution in [0.5, 0.6) is 0 Å². The van der Waals surface area contributed by atoms with Crippen LogP contribution in [0.2, 0.25) is 0 Å². The van der Waals surface area contributed by atoms with Gasteiger partial charge in [0.05, 0.1) is 6.04 Å². The van der Waals surface area contributed by atoms with Crippen LogP contribution in [-0.2, 0) is 0 Å². The van der Waals surface area contributed by atoms with Crippen LogP contribution in [0.3, 0.4) is 0 Å². The van der Waals surface area contributed by atoms with E-state index in [1.54, 1.807) is 17.2 Å². The summed E-state index contributed by atoms with van der Waals surface area (Å²) in [6.07, 6.45) is 3.25. The molecule has 1 saturated heterocycles. The third-order valence-corrected chi connectivity index (χ3v) is 4.50. The molecule has 0 spiro atoms. The number of hydrogen-bond donors (Lipinski definition) is 1. The topological polar surface area (TPSA) is 63.1 Å². The van der Waals surface area contributed by atoms with Gasteiger partial charge in [0.1, 0.15) is 12.7 Å². The molecular formula is C19H19N5O. The van der Waals surface area contributed by atoms with E-state index < -0.39 is 0 Å². The summed E-state index contributed by atoms with van der Waals surface area (Å²) in [4.78, 5) is 15.1. The normalized spacial score (nSPS) is 17.4. The second-order valence-corrected chi connectivity index (χ2v) is 6.05. The summed E-state index contributed by atoms with van der Waals surface area (Å²) in [5.41, 5.74) is 2.70. The standard InChI is InChI=1S/C19H19N5O/c25-19(16-7-4-8-17(11-16)23-13-21-22-14-23)24-10-9-20-12-18(24)15-5-2-1-3-6-15/h1-8,11,13-14,18,20H,9-10,12H2. The van der Waals surface area contributed by atoms with E-state index in [1.807, 2.05) is 47.4 Å². The maximum atomic E-state index is 13.2. The van der Waals surface area contributed by atoms with Crippen molar-refractivity contribution in [2.24, 2.45) is 0 Å². The molecule has 0 aliphatic carbocycles. The Bertz CT molecular complexity index is 847. The Morgan fingerprint density at radius 3 is 2.64 bits per heavy atom. The molecule has 126 valence electrons. The van der Waals surface area contributed by atoms with Crippen LogP contribution in [0.4, 0.5) is 0 Å². The molecule has 1 unspecified atom stereocenters. The van der Waals surface area contributed by atoms with Gasteiger partial charge in [-0.3, -0.25) is 9.36 Å². The van der Waals surface area contributed by atoms with E-state index in [4.69, 9.17) is 0 Å². The molecule has 4 rings (SSSR count). The van der Waals surface area contributed by atoms with Crippen molar-refractivity contribution in [3.05, 3.63) is 78.4 Å². The molecule has 25 heavy (non-hydrogen) atoms. The minimum Gasteiger partial charge on any atom is -0.329 e. The van der Waals surface area contributed by atoms with Gasteiger partial charge >= 0.3 is 0 Å². The zero-order chi connectivity index (χ0) is 17.1. The number of amides is 1. The van der Waals surface area contributed by atoms with Gasteiger partial charge in [0, 0.05) is 30.9 Å². The lowest BCUT2D eigenvalue weighted by Crippen LogP contribution is -2.48. The second kappa shape index (κ2) is 6.86. The van der Waals surface area contributed by atoms with Crippen LogP contribution < -0.4 is 5.32 Å². The molecule has 1 aliphatic rings. The number of hydrogen-bond acceptors (Lipinski definition) is 4. The lowest BCUT2D eigenvalue weighted by molar-refractivity contribution is 0.0634. The Labute approximate surface area is 146 Å². The summed E-state index contributed by atoms with van der Waals surface area (Å²) in [5, 5.41) is 11.0. The van der Waals surface area contributed by atoms with Crippen molar-refractivity contribution in [3.8, 4) is 5.69 Å². The van der Waals surface area contributed by atoms with Crippen LogP contribution >= 0.6 is 0 Å². The zero-order valence-corrected chi connectivity index (χ0v) is 13.7. The third kappa shape index (κ3) is 3.16. The van der Waals surface area contributed by atoms with Gasteiger partial charge in [0.25, 0.3) is 5.91 Å². The largest absolute Gasteiger partial charge is 0.329 e. The molecule has 3 aromatic rings. The Morgan fingerprint density at radius 1 is 1.04 bits per heavy atom. The summed E-state index contributed by atoms with van der Waals surface area (Å²) in [7, 11) is 0. The average molecular weight is 333 g/mol. The van der Waals surface area contributed by atoms with Crippen molar-refractivity contribution in [1.29, 1.82) is 0 Å². The molecule has 0 saturated carbocycles. The van der Waals surface area contributed by atoms with Crippen LogP contribution in [0.1, 0.15) is 22.0 Å². The highest BCUT2D eigenvalue weighted by Crippen LogP contribution is 2.24. The molecule has 1 atom stereocenters. The van der Waals surface area contributed by atoms with Crippen molar-refractivity contribution in [2.45, 2.75) is 6.04 Å². The highest BCUT2D eigenvalue weighted by atomic mass is 16.2. The smallest absolute Gasteiger partial charge is 0.254 e. The van der Waals surface area contributed by atoms with Gasteiger partial charge in [0.2, 0.25) is 0 Å². The summed E-state index contributed by atoms with van der Waals surface area (Å²) in [6.45, 7) is 2.26. The van der Waals surface area contributed by atoms with E-state index in [0.29, 0.717) is 12.1 Å². The maximum Gasteiger partial charge on any atom is 0.254 e. The average Bonchev–Trinajstić information content (AvgIpc) is 3.23. The summed E-state index contributed by atoms with van der Waals surface area (Å²) in [6, 6.07) is 17.8. The molecule has 0 radical (unpaired) electrons. The predicted octanol–water partition coefficient (Wildman–Crippen LogP) is 2.05. The fourth-order valence-corrected chi connectivity index (χ4v) is 3.22. The fraction of sp³-hybridized carbons (Fsp3) is 0.211. The van der Waals surface area contributed by atoms with Crippen molar-refractivity contribution in [3.63, 3.8) is 0 Å². The van der Waals surface area contributed by atoms with Crippen molar-refractivity contribution in [1.82, 2.24) is 25.0 Å². The molecule has 1 aliphatic heterocycles. The predicted molar refractivity (Wildman–Crippen MR) is 94.4 cm³/mol. The SMILES string of the molecule is O=C(c1cccc(-n2cnnc2)c1)N1CCNCC1c1ccccc1. The molecular weight excluding hydrogens is 314 g/mol. The van der Waals surface area contributed by atoms with Crippen LogP contribution in [0.15, 0.2) is 67.3 Å². The number of nitrogens with zero attached hydrogens (tertiary/aromatic N) is 4. The second-order valence-electron chi connectivity index (χ2n) is 6.05. The number of aromatic nitrogens is 3. The highest BCUT2D eigenvalue weighted by Gasteiger charge is 2.28. The first kappa shape index (κ1) is 15.5. The van der Waals surface area contributed by atoms with E-state index in [1.165, 1.54) is 0 Å². The summed E-state index contributed by atoms with van der Waals surface area (Å²) >= 11 is 0. The quantitative estimate of drug-likeness (QED) is 0.797. The Balaban J connectivity index is 1.64. The van der Waals surface area contributed by atoms with Gasteiger partial charge in [-0.2, -0.15) is 0 Å². The third-order valence-electron chi connectivity index (χ3n) is 4.50. The number of rotatable bonds is 3. The maximum absolute atomic E-state index is 13.2. The summed E-state index contributed by atoms with van der Waals surface area (Å²) < 4.78 is 1.79. The minimum atomic E-state index is 0.0426. The van der Waals surface area contributed by atoms with Crippen LogP contribution in [0.25, 0.3) is 5.69 Å². The lowest BCUT2D eigenvalue weighted by atomic mass is 10.0. The molecule has 1 aromatic heterocycles. The number of carbonyl (C=O) groups is 1. The van der Waals surface area contributed by atoms with Crippen molar-refractivity contribution < 1.29 is 4.79 Å². The van der Waals surface area contributed by atoms with Crippen molar-refractivity contribution >= 4 is 5.91 Å². The van der Waals surface area contributed by atoms with E-state index in [2.05, 4.69) is 27.6 Å². The molecule has 2 heterocycles. The molecule has 0 bridgehead atoms. The summed E-state index contributed by atoms with van der Waals surface area (Å²) in [5.74, 6) is 0.0466. The highest BCUT2D eigenvalue weighted by molar-refractivity contribution is 5.95. The van der Waals surface area contributed by atoms with E-state index in [9.17, 15) is 4.79 Å². The Kier molecular flexibility index (Phi) is 4.26. The first-order valence-corrected chi connectivity index (χ1v) is 8.34. The van der Waals surface area contributed by atoms with Gasteiger partial charge < -0.3 is 10.2 Å². The van der Waals surface area contributed by atoms with Crippen LogP contribution in [-0.4, -0.2) is 45.2 Å². The molecule has 6 heteroatoms. The molecule has 1 N–H and O–H groups in total. The number of benzene rings is 2. The molecule has 1 fully saturated rings. The Morgan fingerprint density at radius 2 is 1.84 bits per heavy atom. The minimum absolute atomic E-state index is 0.0426. The molecule has 6 nitrogen and oxygen atoms in total. The van der Waals surface area contributed by atoms with Crippen LogP contribution in [0, 0.1) is 0 Å². The van der Waals surface area contributed by atoms with Gasteiger partial charge in [-0.1, -0.05) is 36.4 Å². The number of nitrogens with one attached hydrogen (secondary N) is 1.